The minimum atomic E-state index is -0.758. The summed E-state index contributed by atoms with van der Waals surface area (Å²) in [4.78, 5) is 13.1. The lowest BCUT2D eigenvalue weighted by atomic mass is 9.89. The van der Waals surface area contributed by atoms with Gasteiger partial charge in [0.25, 0.3) is 0 Å². The van der Waals surface area contributed by atoms with Crippen LogP contribution in [-0.2, 0) is 23.8 Å². The van der Waals surface area contributed by atoms with Crippen LogP contribution in [0.4, 0.5) is 0 Å². The lowest BCUT2D eigenvalue weighted by molar-refractivity contribution is -0.138. The summed E-state index contributed by atoms with van der Waals surface area (Å²) in [5, 5.41) is 13.6. The van der Waals surface area contributed by atoms with Gasteiger partial charge < -0.3 is 5.11 Å². The van der Waals surface area contributed by atoms with E-state index in [2.05, 4.69) is 25.9 Å². The Morgan fingerprint density at radius 1 is 1.50 bits per heavy atom. The third-order valence-electron chi connectivity index (χ3n) is 3.58. The summed E-state index contributed by atoms with van der Waals surface area (Å²) in [5.74, 6) is -0.0732. The quantitative estimate of drug-likeness (QED) is 0.865. The summed E-state index contributed by atoms with van der Waals surface area (Å²) in [5.41, 5.74) is 2.18. The van der Waals surface area contributed by atoms with Gasteiger partial charge in [-0.25, -0.2) is 0 Å². The average molecular weight is 279 g/mol. The minimum Gasteiger partial charge on any atom is -0.480 e. The molecule has 1 saturated carbocycles. The highest BCUT2D eigenvalue weighted by atomic mass is 16.4. The van der Waals surface area contributed by atoms with E-state index in [1.54, 1.807) is 0 Å². The molecular formula is C15H25N3O2. The predicted molar refractivity (Wildman–Crippen MR) is 77.5 cm³/mol. The van der Waals surface area contributed by atoms with Crippen molar-refractivity contribution in [1.29, 1.82) is 0 Å². The molecule has 1 aromatic heterocycles. The van der Waals surface area contributed by atoms with Crippen molar-refractivity contribution in [2.75, 3.05) is 13.1 Å². The van der Waals surface area contributed by atoms with Crippen LogP contribution in [0.1, 0.15) is 44.9 Å². The Morgan fingerprint density at radius 2 is 2.15 bits per heavy atom. The van der Waals surface area contributed by atoms with Crippen molar-refractivity contribution in [2.24, 2.45) is 13.0 Å². The second-order valence-electron chi connectivity index (χ2n) is 6.93. The molecule has 1 aliphatic carbocycles. The molecule has 5 nitrogen and oxygen atoms in total. The van der Waals surface area contributed by atoms with E-state index < -0.39 is 5.97 Å². The third-order valence-corrected chi connectivity index (χ3v) is 3.58. The third kappa shape index (κ3) is 4.07. The van der Waals surface area contributed by atoms with Gasteiger partial charge in [-0.2, -0.15) is 5.10 Å². The van der Waals surface area contributed by atoms with E-state index in [9.17, 15) is 4.79 Å². The molecule has 1 aromatic rings. The van der Waals surface area contributed by atoms with Gasteiger partial charge in [0, 0.05) is 37.3 Å². The number of hydrogen-bond acceptors (Lipinski definition) is 3. The second-order valence-corrected chi connectivity index (χ2v) is 6.93. The van der Waals surface area contributed by atoms with Crippen LogP contribution < -0.4 is 0 Å². The smallest absolute Gasteiger partial charge is 0.317 e. The molecule has 1 fully saturated rings. The van der Waals surface area contributed by atoms with E-state index in [1.165, 1.54) is 12.8 Å². The van der Waals surface area contributed by atoms with E-state index in [-0.39, 0.29) is 12.0 Å². The molecule has 112 valence electrons. The number of rotatable bonds is 6. The number of aromatic nitrogens is 2. The largest absolute Gasteiger partial charge is 0.480 e. The lowest BCUT2D eigenvalue weighted by Crippen LogP contribution is -2.32. The van der Waals surface area contributed by atoms with E-state index in [1.807, 2.05) is 22.8 Å². The molecule has 0 atom stereocenters. The van der Waals surface area contributed by atoms with Crippen LogP contribution in [0.5, 0.6) is 0 Å². The van der Waals surface area contributed by atoms with Crippen molar-refractivity contribution in [3.63, 3.8) is 0 Å². The summed E-state index contributed by atoms with van der Waals surface area (Å²) >= 11 is 0. The van der Waals surface area contributed by atoms with E-state index in [0.29, 0.717) is 12.5 Å². The summed E-state index contributed by atoms with van der Waals surface area (Å²) < 4.78 is 1.83. The average Bonchev–Trinajstić information content (AvgIpc) is 2.99. The summed E-state index contributed by atoms with van der Waals surface area (Å²) in [6.45, 7) is 8.08. The van der Waals surface area contributed by atoms with Gasteiger partial charge in [0.05, 0.1) is 12.2 Å². The van der Waals surface area contributed by atoms with Gasteiger partial charge in [-0.15, -0.1) is 0 Å². The number of aryl methyl sites for hydroxylation is 1. The highest BCUT2D eigenvalue weighted by Crippen LogP contribution is 2.31. The van der Waals surface area contributed by atoms with Crippen molar-refractivity contribution in [1.82, 2.24) is 14.7 Å². The fraction of sp³-hybridized carbons (Fsp3) is 0.733. The van der Waals surface area contributed by atoms with E-state index >= 15 is 0 Å². The van der Waals surface area contributed by atoms with Gasteiger partial charge in [0.1, 0.15) is 0 Å². The zero-order chi connectivity index (χ0) is 14.9. The summed E-state index contributed by atoms with van der Waals surface area (Å²) in [6.07, 6.45) is 4.48. The number of nitrogens with zero attached hydrogens (tertiary/aromatic N) is 3. The Bertz CT molecular complexity index is 484. The second kappa shape index (κ2) is 5.56. The Balaban J connectivity index is 2.14. The normalized spacial score (nSPS) is 15.8. The highest BCUT2D eigenvalue weighted by molar-refractivity contribution is 5.69. The van der Waals surface area contributed by atoms with Crippen LogP contribution >= 0.6 is 0 Å². The fourth-order valence-electron chi connectivity index (χ4n) is 2.57. The first-order chi connectivity index (χ1) is 9.25. The van der Waals surface area contributed by atoms with Crippen LogP contribution in [-0.4, -0.2) is 38.8 Å². The summed E-state index contributed by atoms with van der Waals surface area (Å²) in [7, 11) is 1.92. The van der Waals surface area contributed by atoms with E-state index in [0.717, 1.165) is 17.8 Å². The standard InChI is InChI=1S/C15H25N3O2/c1-15(2,3)14-12(8-17(4)16-14)9-18(10-13(19)20)7-11-5-6-11/h8,11H,5-7,9-10H2,1-4H3,(H,19,20). The number of carboxylic acid groups (broad SMARTS) is 1. The SMILES string of the molecule is Cn1cc(CN(CC(=O)O)CC2CC2)c(C(C)(C)C)n1. The highest BCUT2D eigenvalue weighted by Gasteiger charge is 2.28. The van der Waals surface area contributed by atoms with E-state index in [4.69, 9.17) is 5.11 Å². The first kappa shape index (κ1) is 15.0. The Hall–Kier alpha value is -1.36. The number of carbonyl (C=O) groups is 1. The molecule has 0 amide bonds. The van der Waals surface area contributed by atoms with Gasteiger partial charge in [-0.05, 0) is 18.8 Å². The minimum absolute atomic E-state index is 0.0228. The maximum atomic E-state index is 11.0. The van der Waals surface area contributed by atoms with Gasteiger partial charge in [-0.1, -0.05) is 20.8 Å². The van der Waals surface area contributed by atoms with Crippen molar-refractivity contribution in [3.8, 4) is 0 Å². The van der Waals surface area contributed by atoms with Crippen LogP contribution in [0.2, 0.25) is 0 Å². The molecular weight excluding hydrogens is 254 g/mol. The predicted octanol–water partition coefficient (Wildman–Crippen LogP) is 2.01. The molecule has 1 aliphatic rings. The Labute approximate surface area is 120 Å². The monoisotopic (exact) mass is 279 g/mol. The van der Waals surface area contributed by atoms with Gasteiger partial charge in [0.2, 0.25) is 0 Å². The number of carboxylic acids is 1. The molecule has 0 spiro atoms. The van der Waals surface area contributed by atoms with Gasteiger partial charge >= 0.3 is 5.97 Å². The Morgan fingerprint density at radius 3 is 2.65 bits per heavy atom. The molecule has 0 radical (unpaired) electrons. The van der Waals surface area contributed by atoms with Gasteiger partial charge in [-0.3, -0.25) is 14.4 Å². The van der Waals surface area contributed by atoms with Crippen molar-refractivity contribution >= 4 is 5.97 Å². The first-order valence-electron chi connectivity index (χ1n) is 7.23. The zero-order valence-corrected chi connectivity index (χ0v) is 12.9. The maximum Gasteiger partial charge on any atom is 0.317 e. The van der Waals surface area contributed by atoms with Crippen LogP contribution in [0.3, 0.4) is 0 Å². The maximum absolute atomic E-state index is 11.0. The van der Waals surface area contributed by atoms with Gasteiger partial charge in [0.15, 0.2) is 0 Å². The molecule has 0 unspecified atom stereocenters. The molecule has 0 bridgehead atoms. The van der Waals surface area contributed by atoms with Crippen LogP contribution in [0, 0.1) is 5.92 Å². The lowest BCUT2D eigenvalue weighted by Gasteiger charge is -2.23. The molecule has 0 aromatic carbocycles. The molecule has 0 aliphatic heterocycles. The van der Waals surface area contributed by atoms with Crippen LogP contribution in [0.25, 0.3) is 0 Å². The molecule has 2 rings (SSSR count). The van der Waals surface area contributed by atoms with Crippen molar-refractivity contribution < 1.29 is 9.90 Å². The van der Waals surface area contributed by atoms with Crippen LogP contribution in [0.15, 0.2) is 6.20 Å². The molecule has 1 heterocycles. The Kier molecular flexibility index (Phi) is 4.18. The van der Waals surface area contributed by atoms with Crippen molar-refractivity contribution in [2.45, 2.75) is 45.6 Å². The number of aliphatic carboxylic acids is 1. The molecule has 5 heteroatoms. The molecule has 20 heavy (non-hydrogen) atoms. The molecule has 1 N–H and O–H groups in total. The summed E-state index contributed by atoms with van der Waals surface area (Å²) in [6, 6.07) is 0. The number of hydrogen-bond donors (Lipinski definition) is 1. The zero-order valence-electron chi connectivity index (χ0n) is 12.9. The molecule has 0 saturated heterocycles. The fourth-order valence-corrected chi connectivity index (χ4v) is 2.57. The first-order valence-corrected chi connectivity index (χ1v) is 7.23. The van der Waals surface area contributed by atoms with Crippen molar-refractivity contribution in [3.05, 3.63) is 17.5 Å². The topological polar surface area (TPSA) is 58.4 Å².